The zero-order valence-corrected chi connectivity index (χ0v) is 18.3. The highest BCUT2D eigenvalue weighted by Gasteiger charge is 2.22. The van der Waals surface area contributed by atoms with Gasteiger partial charge in [-0.15, -0.1) is 0 Å². The quantitative estimate of drug-likeness (QED) is 0.401. The average Bonchev–Trinajstić information content (AvgIpc) is 2.81. The molecular formula is C26H31N3O3. The molecule has 2 aromatic heterocycles. The van der Waals surface area contributed by atoms with Crippen molar-refractivity contribution in [2.45, 2.75) is 63.4 Å². The van der Waals surface area contributed by atoms with E-state index in [2.05, 4.69) is 22.4 Å². The van der Waals surface area contributed by atoms with Crippen molar-refractivity contribution in [1.82, 2.24) is 9.97 Å². The van der Waals surface area contributed by atoms with Crippen LogP contribution in [0, 0.1) is 0 Å². The molecule has 6 heteroatoms. The molecule has 4 rings (SSSR count). The number of pyridine rings is 2. The van der Waals surface area contributed by atoms with E-state index in [9.17, 15) is 15.0 Å². The highest BCUT2D eigenvalue weighted by atomic mass is 16.4. The van der Waals surface area contributed by atoms with Crippen molar-refractivity contribution in [2.75, 3.05) is 11.9 Å². The second-order valence-corrected chi connectivity index (χ2v) is 8.67. The maximum Gasteiger partial charge on any atom is 0.311 e. The van der Waals surface area contributed by atoms with Gasteiger partial charge in [0.2, 0.25) is 0 Å². The first-order chi connectivity index (χ1) is 15.6. The van der Waals surface area contributed by atoms with E-state index in [1.165, 1.54) is 5.56 Å². The van der Waals surface area contributed by atoms with Crippen LogP contribution in [0.5, 0.6) is 0 Å². The van der Waals surface area contributed by atoms with Gasteiger partial charge in [-0.2, -0.15) is 0 Å². The zero-order chi connectivity index (χ0) is 22.3. The maximum absolute atomic E-state index is 11.8. The lowest BCUT2D eigenvalue weighted by atomic mass is 9.92. The summed E-state index contributed by atoms with van der Waals surface area (Å²) < 4.78 is 0. The van der Waals surface area contributed by atoms with Crippen molar-refractivity contribution in [2.24, 2.45) is 0 Å². The first-order valence-electron chi connectivity index (χ1n) is 11.6. The van der Waals surface area contributed by atoms with Gasteiger partial charge in [-0.25, -0.2) is 4.98 Å². The number of rotatable bonds is 10. The molecule has 1 unspecified atom stereocenters. The summed E-state index contributed by atoms with van der Waals surface area (Å²) in [4.78, 5) is 21.0. The van der Waals surface area contributed by atoms with Crippen LogP contribution in [-0.4, -0.2) is 38.8 Å². The number of nitrogens with zero attached hydrogens (tertiary/aromatic N) is 2. The first kappa shape index (κ1) is 22.2. The molecule has 32 heavy (non-hydrogen) atoms. The number of aliphatic hydroxyl groups is 1. The molecule has 0 saturated heterocycles. The van der Waals surface area contributed by atoms with Gasteiger partial charge in [-0.1, -0.05) is 30.7 Å². The Labute approximate surface area is 188 Å². The summed E-state index contributed by atoms with van der Waals surface area (Å²) in [5.74, 6) is -0.507. The molecule has 0 fully saturated rings. The second kappa shape index (κ2) is 10.6. The number of aromatic nitrogens is 2. The molecule has 1 aliphatic rings. The van der Waals surface area contributed by atoms with Crippen LogP contribution in [0.3, 0.4) is 0 Å². The number of anilines is 1. The van der Waals surface area contributed by atoms with Gasteiger partial charge < -0.3 is 15.5 Å². The summed E-state index contributed by atoms with van der Waals surface area (Å²) in [5.41, 5.74) is 3.92. The summed E-state index contributed by atoms with van der Waals surface area (Å²) in [6.45, 7) is 0.988. The van der Waals surface area contributed by atoms with Crippen molar-refractivity contribution in [3.05, 3.63) is 65.5 Å². The van der Waals surface area contributed by atoms with Gasteiger partial charge in [0.25, 0.3) is 0 Å². The molecule has 0 saturated carbocycles. The smallest absolute Gasteiger partial charge is 0.311 e. The van der Waals surface area contributed by atoms with Crippen LogP contribution >= 0.6 is 0 Å². The molecule has 0 radical (unpaired) electrons. The number of carbonyl (C=O) groups is 1. The van der Waals surface area contributed by atoms with E-state index in [0.29, 0.717) is 24.8 Å². The Balaban J connectivity index is 1.24. The van der Waals surface area contributed by atoms with Crippen molar-refractivity contribution in [3.8, 4) is 0 Å². The number of aliphatic carboxylic acids is 1. The number of carboxylic acid groups (broad SMARTS) is 1. The van der Waals surface area contributed by atoms with Crippen LogP contribution < -0.4 is 5.32 Å². The Bertz CT molecular complexity index is 1070. The zero-order valence-electron chi connectivity index (χ0n) is 18.3. The third-order valence-electron chi connectivity index (χ3n) is 6.27. The lowest BCUT2D eigenvalue weighted by Gasteiger charge is -2.17. The Kier molecular flexibility index (Phi) is 7.32. The number of aliphatic hydroxyl groups excluding tert-OH is 1. The van der Waals surface area contributed by atoms with E-state index in [4.69, 9.17) is 4.98 Å². The molecule has 168 valence electrons. The second-order valence-electron chi connectivity index (χ2n) is 8.67. The number of benzene rings is 1. The number of fused-ring (bicyclic) bond motifs is 2. The third kappa shape index (κ3) is 5.62. The van der Waals surface area contributed by atoms with Crippen LogP contribution in [-0.2, 0) is 17.6 Å². The third-order valence-corrected chi connectivity index (χ3v) is 6.27. The minimum atomic E-state index is -0.874. The van der Waals surface area contributed by atoms with Crippen molar-refractivity contribution in [1.29, 1.82) is 0 Å². The van der Waals surface area contributed by atoms with E-state index in [1.807, 2.05) is 30.3 Å². The molecule has 0 aliphatic carbocycles. The van der Waals surface area contributed by atoms with Crippen LogP contribution in [0.15, 0.2) is 48.7 Å². The topological polar surface area (TPSA) is 95.3 Å². The van der Waals surface area contributed by atoms with Crippen molar-refractivity contribution < 1.29 is 15.0 Å². The molecule has 0 amide bonds. The Morgan fingerprint density at radius 2 is 1.97 bits per heavy atom. The molecule has 3 aromatic rings. The van der Waals surface area contributed by atoms with Gasteiger partial charge in [0.05, 0.1) is 17.5 Å². The van der Waals surface area contributed by atoms with E-state index < -0.39 is 18.0 Å². The van der Waals surface area contributed by atoms with E-state index in [1.54, 1.807) is 6.20 Å². The highest BCUT2D eigenvalue weighted by molar-refractivity contribution is 5.82. The van der Waals surface area contributed by atoms with Crippen molar-refractivity contribution >= 4 is 22.7 Å². The SMILES string of the molecule is O=C(O)[C@H](CCC(O)CCCCc1ccc2c(n1)NCCC2)c1cnc2ccccc2c1. The Hall–Kier alpha value is -2.99. The molecule has 3 heterocycles. The van der Waals surface area contributed by atoms with Crippen LogP contribution in [0.25, 0.3) is 10.9 Å². The van der Waals surface area contributed by atoms with Gasteiger partial charge in [0.15, 0.2) is 0 Å². The standard InChI is InChI=1S/C26H31N3O3/c30-22(9-3-2-8-21-12-11-18-7-5-15-27-25(18)29-21)13-14-23(26(31)32)20-16-19-6-1-4-10-24(19)28-17-20/h1,4,6,10-12,16-17,22-23,30H,2-3,5,7-9,13-15H2,(H,27,29)(H,31,32)/t22?,23-/m1/s1. The monoisotopic (exact) mass is 433 g/mol. The minimum absolute atomic E-state index is 0.397. The van der Waals surface area contributed by atoms with Crippen LogP contribution in [0.2, 0.25) is 0 Å². The van der Waals surface area contributed by atoms with E-state index >= 15 is 0 Å². The average molecular weight is 434 g/mol. The summed E-state index contributed by atoms with van der Waals surface area (Å²) in [5, 5.41) is 24.4. The summed E-state index contributed by atoms with van der Waals surface area (Å²) in [6, 6.07) is 13.9. The molecule has 3 N–H and O–H groups in total. The Morgan fingerprint density at radius 1 is 1.09 bits per heavy atom. The molecule has 1 aromatic carbocycles. The predicted molar refractivity (Wildman–Crippen MR) is 126 cm³/mol. The molecular weight excluding hydrogens is 402 g/mol. The van der Waals surface area contributed by atoms with Gasteiger partial charge in [0, 0.05) is 23.8 Å². The van der Waals surface area contributed by atoms with E-state index in [0.717, 1.165) is 61.1 Å². The fourth-order valence-corrected chi connectivity index (χ4v) is 4.41. The minimum Gasteiger partial charge on any atom is -0.481 e. The van der Waals surface area contributed by atoms with Gasteiger partial charge in [0.1, 0.15) is 5.82 Å². The van der Waals surface area contributed by atoms with Crippen LogP contribution in [0.1, 0.15) is 61.3 Å². The van der Waals surface area contributed by atoms with Gasteiger partial charge >= 0.3 is 5.97 Å². The number of nitrogens with one attached hydrogen (secondary N) is 1. The molecule has 6 nitrogen and oxygen atoms in total. The summed E-state index contributed by atoms with van der Waals surface area (Å²) in [7, 11) is 0. The molecule has 2 atom stereocenters. The van der Waals surface area contributed by atoms with Crippen molar-refractivity contribution in [3.63, 3.8) is 0 Å². The molecule has 0 spiro atoms. The van der Waals surface area contributed by atoms with Gasteiger partial charge in [-0.05, 0) is 74.3 Å². The lowest BCUT2D eigenvalue weighted by Crippen LogP contribution is -2.16. The molecule has 1 aliphatic heterocycles. The highest BCUT2D eigenvalue weighted by Crippen LogP contribution is 2.26. The molecule has 0 bridgehead atoms. The summed E-state index contributed by atoms with van der Waals surface area (Å²) in [6.07, 6.45) is 7.67. The predicted octanol–water partition coefficient (Wildman–Crippen LogP) is 4.71. The first-order valence-corrected chi connectivity index (χ1v) is 11.6. The fourth-order valence-electron chi connectivity index (χ4n) is 4.41. The van der Waals surface area contributed by atoms with Gasteiger partial charge in [-0.3, -0.25) is 9.78 Å². The Morgan fingerprint density at radius 3 is 2.84 bits per heavy atom. The normalized spacial score (nSPS) is 15.0. The number of carboxylic acids is 1. The largest absolute Gasteiger partial charge is 0.481 e. The number of hydrogen-bond acceptors (Lipinski definition) is 5. The number of aryl methyl sites for hydroxylation is 2. The summed E-state index contributed by atoms with van der Waals surface area (Å²) >= 11 is 0. The fraction of sp³-hybridized carbons (Fsp3) is 0.423. The number of para-hydroxylation sites is 1. The lowest BCUT2D eigenvalue weighted by molar-refractivity contribution is -0.139. The number of unbranched alkanes of at least 4 members (excludes halogenated alkanes) is 1. The van der Waals surface area contributed by atoms with Crippen LogP contribution in [0.4, 0.5) is 5.82 Å². The maximum atomic E-state index is 11.8. The number of hydrogen-bond donors (Lipinski definition) is 3. The van der Waals surface area contributed by atoms with E-state index in [-0.39, 0.29) is 0 Å².